The van der Waals surface area contributed by atoms with E-state index in [4.69, 9.17) is 5.73 Å². The van der Waals surface area contributed by atoms with Crippen LogP contribution in [0.15, 0.2) is 4.79 Å². The Bertz CT molecular complexity index is 409. The van der Waals surface area contributed by atoms with Gasteiger partial charge in [-0.1, -0.05) is 26.7 Å². The lowest BCUT2D eigenvalue weighted by atomic mass is 10.3. The minimum Gasteiger partial charge on any atom is -0.464 e. The van der Waals surface area contributed by atoms with Gasteiger partial charge in [0.15, 0.2) is 0 Å². The first kappa shape index (κ1) is 17.4. The standard InChI is InChI=1S/C8H13N3O3.C4H11N/c1-3-4-5-11-7(12)6(9-10-11)8(13)14-2;1-2-3-4-5/h10H,3-5H2,1-2H3;2-5H2,1H3. The van der Waals surface area contributed by atoms with Gasteiger partial charge in [0, 0.05) is 6.54 Å². The van der Waals surface area contributed by atoms with Crippen molar-refractivity contribution in [3.63, 3.8) is 0 Å². The summed E-state index contributed by atoms with van der Waals surface area (Å²) in [5.74, 6) is -0.707. The molecule has 1 rings (SSSR count). The first-order chi connectivity index (χ1) is 9.12. The first-order valence-corrected chi connectivity index (χ1v) is 6.55. The van der Waals surface area contributed by atoms with Crippen molar-refractivity contribution in [1.82, 2.24) is 15.0 Å². The Morgan fingerprint density at radius 3 is 2.42 bits per heavy atom. The number of carbonyl (C=O) groups is 1. The predicted molar refractivity (Wildman–Crippen MR) is 73.1 cm³/mol. The van der Waals surface area contributed by atoms with Crippen LogP contribution in [0, 0.1) is 0 Å². The lowest BCUT2D eigenvalue weighted by Gasteiger charge is -1.95. The number of rotatable bonds is 6. The Morgan fingerprint density at radius 2 is 2.00 bits per heavy atom. The van der Waals surface area contributed by atoms with Crippen LogP contribution >= 0.6 is 0 Å². The Morgan fingerprint density at radius 1 is 1.37 bits per heavy atom. The van der Waals surface area contributed by atoms with Crippen molar-refractivity contribution in [2.24, 2.45) is 5.73 Å². The maximum Gasteiger partial charge on any atom is 0.364 e. The van der Waals surface area contributed by atoms with E-state index >= 15 is 0 Å². The largest absolute Gasteiger partial charge is 0.464 e. The van der Waals surface area contributed by atoms with Crippen LogP contribution in [0.2, 0.25) is 0 Å². The van der Waals surface area contributed by atoms with Gasteiger partial charge in [0.2, 0.25) is 5.69 Å². The molecule has 110 valence electrons. The highest BCUT2D eigenvalue weighted by atomic mass is 16.5. The number of aryl methyl sites for hydroxylation is 1. The minimum atomic E-state index is -0.707. The van der Waals surface area contributed by atoms with E-state index in [1.807, 2.05) is 6.92 Å². The molecule has 0 saturated carbocycles. The van der Waals surface area contributed by atoms with Gasteiger partial charge in [-0.05, 0) is 19.4 Å². The van der Waals surface area contributed by atoms with E-state index < -0.39 is 11.5 Å². The third kappa shape index (κ3) is 6.19. The van der Waals surface area contributed by atoms with E-state index in [0.29, 0.717) is 6.54 Å². The zero-order valence-electron chi connectivity index (χ0n) is 11.9. The number of ether oxygens (including phenoxy) is 1. The summed E-state index contributed by atoms with van der Waals surface area (Å²) in [5.41, 5.74) is 4.52. The molecular weight excluding hydrogens is 248 g/mol. The normalized spacial score (nSPS) is 9.68. The quantitative estimate of drug-likeness (QED) is 0.749. The maximum atomic E-state index is 11.4. The number of methoxy groups -OCH3 is 1. The summed E-state index contributed by atoms with van der Waals surface area (Å²) in [5, 5.41) is 6.07. The second kappa shape index (κ2) is 10.3. The van der Waals surface area contributed by atoms with Gasteiger partial charge in [0.25, 0.3) is 0 Å². The molecule has 0 aromatic carbocycles. The van der Waals surface area contributed by atoms with Crippen molar-refractivity contribution in [2.75, 3.05) is 13.7 Å². The molecule has 0 atom stereocenters. The molecule has 0 bridgehead atoms. The fraction of sp³-hybridized carbons (Fsp3) is 0.750. The summed E-state index contributed by atoms with van der Waals surface area (Å²) in [6.45, 7) is 5.53. The molecule has 7 nitrogen and oxygen atoms in total. The zero-order chi connectivity index (χ0) is 14.7. The predicted octanol–water partition coefficient (Wildman–Crippen LogP) is 0.903. The molecule has 0 radical (unpaired) electrons. The minimum absolute atomic E-state index is 0.191. The van der Waals surface area contributed by atoms with E-state index in [2.05, 4.69) is 22.0 Å². The number of H-pyrrole nitrogens is 1. The molecule has 3 N–H and O–H groups in total. The second-order valence-electron chi connectivity index (χ2n) is 4.00. The van der Waals surface area contributed by atoms with Crippen LogP contribution in [0.25, 0.3) is 0 Å². The molecule has 0 aliphatic heterocycles. The van der Waals surface area contributed by atoms with Crippen LogP contribution in [0.1, 0.15) is 50.0 Å². The van der Waals surface area contributed by atoms with Crippen LogP contribution in [0.4, 0.5) is 0 Å². The number of hydrogen-bond donors (Lipinski definition) is 2. The highest BCUT2D eigenvalue weighted by molar-refractivity contribution is 5.86. The summed E-state index contributed by atoms with van der Waals surface area (Å²) in [4.78, 5) is 22.4. The third-order valence-corrected chi connectivity index (χ3v) is 2.40. The Kier molecular flexibility index (Phi) is 9.42. The zero-order valence-corrected chi connectivity index (χ0v) is 11.9. The van der Waals surface area contributed by atoms with Crippen molar-refractivity contribution < 1.29 is 9.53 Å². The van der Waals surface area contributed by atoms with Gasteiger partial charge in [-0.25, -0.2) is 14.7 Å². The molecule has 1 aromatic rings. The number of unbranched alkanes of at least 4 members (excludes halogenated alkanes) is 2. The van der Waals surface area contributed by atoms with Crippen LogP contribution in [-0.2, 0) is 11.3 Å². The number of hydrogen-bond acceptors (Lipinski definition) is 5. The monoisotopic (exact) mass is 272 g/mol. The molecule has 7 heteroatoms. The fourth-order valence-corrected chi connectivity index (χ4v) is 1.23. The highest BCUT2D eigenvalue weighted by Crippen LogP contribution is 1.91. The van der Waals surface area contributed by atoms with Crippen LogP contribution in [0.5, 0.6) is 0 Å². The van der Waals surface area contributed by atoms with Gasteiger partial charge >= 0.3 is 11.5 Å². The smallest absolute Gasteiger partial charge is 0.364 e. The molecule has 0 spiro atoms. The van der Waals surface area contributed by atoms with Gasteiger partial charge in [-0.3, -0.25) is 4.79 Å². The van der Waals surface area contributed by atoms with Crippen molar-refractivity contribution in [2.45, 2.75) is 46.1 Å². The van der Waals surface area contributed by atoms with E-state index in [1.165, 1.54) is 24.6 Å². The van der Waals surface area contributed by atoms with Crippen LogP contribution in [0.3, 0.4) is 0 Å². The molecule has 19 heavy (non-hydrogen) atoms. The molecule has 1 heterocycles. The molecule has 0 fully saturated rings. The van der Waals surface area contributed by atoms with E-state index in [-0.39, 0.29) is 5.69 Å². The number of nitrogens with one attached hydrogen (secondary N) is 1. The third-order valence-electron chi connectivity index (χ3n) is 2.40. The van der Waals surface area contributed by atoms with Crippen molar-refractivity contribution in [1.29, 1.82) is 0 Å². The van der Waals surface area contributed by atoms with E-state index in [9.17, 15) is 9.59 Å². The van der Waals surface area contributed by atoms with Crippen molar-refractivity contribution in [3.05, 3.63) is 16.0 Å². The molecule has 1 aromatic heterocycles. The number of esters is 1. The van der Waals surface area contributed by atoms with Crippen LogP contribution in [-0.4, -0.2) is 34.6 Å². The van der Waals surface area contributed by atoms with Gasteiger partial charge in [0.05, 0.1) is 7.11 Å². The van der Waals surface area contributed by atoms with Gasteiger partial charge in [-0.15, -0.1) is 5.10 Å². The lowest BCUT2D eigenvalue weighted by Crippen LogP contribution is -2.22. The molecule has 0 unspecified atom stereocenters. The average Bonchev–Trinajstić information content (AvgIpc) is 2.78. The topological polar surface area (TPSA) is 103 Å². The van der Waals surface area contributed by atoms with Gasteiger partial charge in [-0.2, -0.15) is 0 Å². The lowest BCUT2D eigenvalue weighted by molar-refractivity contribution is 0.0592. The van der Waals surface area contributed by atoms with Crippen LogP contribution < -0.4 is 11.3 Å². The SMILES string of the molecule is CCCCN.CCCCn1[nH]nc(C(=O)OC)c1=O. The number of aromatic nitrogens is 3. The van der Waals surface area contributed by atoms with Crippen molar-refractivity contribution in [3.8, 4) is 0 Å². The second-order valence-corrected chi connectivity index (χ2v) is 4.00. The number of nitrogens with two attached hydrogens (primary N) is 1. The Balaban J connectivity index is 0.000000555. The molecule has 0 amide bonds. The van der Waals surface area contributed by atoms with E-state index in [1.54, 1.807) is 0 Å². The highest BCUT2D eigenvalue weighted by Gasteiger charge is 2.16. The summed E-state index contributed by atoms with van der Waals surface area (Å²) < 4.78 is 5.70. The van der Waals surface area contributed by atoms with Gasteiger partial charge < -0.3 is 10.5 Å². The maximum absolute atomic E-state index is 11.4. The molecule has 0 aliphatic rings. The summed E-state index contributed by atoms with van der Waals surface area (Å²) in [6.07, 6.45) is 4.22. The summed E-state index contributed by atoms with van der Waals surface area (Å²) in [7, 11) is 1.22. The summed E-state index contributed by atoms with van der Waals surface area (Å²) in [6, 6.07) is 0. The first-order valence-electron chi connectivity index (χ1n) is 6.55. The van der Waals surface area contributed by atoms with Crippen molar-refractivity contribution >= 4 is 5.97 Å². The number of aromatic amines is 1. The van der Waals surface area contributed by atoms with Gasteiger partial charge in [0.1, 0.15) is 0 Å². The molecular formula is C12H24N4O3. The fourth-order valence-electron chi connectivity index (χ4n) is 1.23. The number of carbonyl (C=O) groups excluding carboxylic acids is 1. The average molecular weight is 272 g/mol. The number of nitrogens with zero attached hydrogens (tertiary/aromatic N) is 2. The Hall–Kier alpha value is -1.63. The molecule has 0 aliphatic carbocycles. The van der Waals surface area contributed by atoms with E-state index in [0.717, 1.165) is 19.4 Å². The Labute approximate surface area is 113 Å². The molecule has 0 saturated heterocycles. The summed E-state index contributed by atoms with van der Waals surface area (Å²) >= 11 is 0.